The summed E-state index contributed by atoms with van der Waals surface area (Å²) in [5.41, 5.74) is 1.89. The monoisotopic (exact) mass is 383 g/mol. The average Bonchev–Trinajstić information content (AvgIpc) is 2.75. The number of halogens is 2. The van der Waals surface area contributed by atoms with Crippen LogP contribution in [0.5, 0.6) is 5.75 Å². The lowest BCUT2D eigenvalue weighted by atomic mass is 10.2. The molecule has 1 aromatic heterocycles. The highest BCUT2D eigenvalue weighted by atomic mass is 79.9. The van der Waals surface area contributed by atoms with Crippen molar-refractivity contribution in [3.63, 3.8) is 0 Å². The van der Waals surface area contributed by atoms with Crippen LogP contribution in [0.3, 0.4) is 0 Å². The number of aromatic hydroxyl groups is 1. The van der Waals surface area contributed by atoms with Gasteiger partial charge in [-0.15, -0.1) is 11.3 Å². The standard InChI is InChI=1S/C13H7Br2NOS/c14-8-2-4-12-10(6-8)16-13(18-12)7-1-3-9(15)11(17)5-7/h1-6,17H. The summed E-state index contributed by atoms with van der Waals surface area (Å²) < 4.78 is 2.84. The molecule has 0 unspecified atom stereocenters. The second-order valence-electron chi connectivity index (χ2n) is 3.80. The van der Waals surface area contributed by atoms with Crippen LogP contribution in [0, 0.1) is 0 Å². The zero-order chi connectivity index (χ0) is 12.7. The van der Waals surface area contributed by atoms with E-state index in [1.165, 1.54) is 0 Å². The summed E-state index contributed by atoms with van der Waals surface area (Å²) in [6.07, 6.45) is 0. The van der Waals surface area contributed by atoms with Crippen LogP contribution >= 0.6 is 43.2 Å². The first-order valence-corrected chi connectivity index (χ1v) is 7.59. The number of nitrogens with zero attached hydrogens (tertiary/aromatic N) is 1. The van der Waals surface area contributed by atoms with E-state index >= 15 is 0 Å². The van der Waals surface area contributed by atoms with Gasteiger partial charge in [0.25, 0.3) is 0 Å². The fourth-order valence-electron chi connectivity index (χ4n) is 1.67. The Bertz CT molecular complexity index is 739. The minimum atomic E-state index is 0.230. The first-order valence-electron chi connectivity index (χ1n) is 5.18. The molecule has 0 aliphatic rings. The first-order chi connectivity index (χ1) is 8.63. The lowest BCUT2D eigenvalue weighted by Crippen LogP contribution is -1.76. The fraction of sp³-hybridized carbons (Fsp3) is 0. The van der Waals surface area contributed by atoms with Crippen molar-refractivity contribution in [1.29, 1.82) is 0 Å². The van der Waals surface area contributed by atoms with Crippen LogP contribution in [0.25, 0.3) is 20.8 Å². The normalized spacial score (nSPS) is 11.0. The highest BCUT2D eigenvalue weighted by molar-refractivity contribution is 9.10. The van der Waals surface area contributed by atoms with E-state index in [4.69, 9.17) is 0 Å². The van der Waals surface area contributed by atoms with Gasteiger partial charge in [0.05, 0.1) is 14.7 Å². The van der Waals surface area contributed by atoms with Crippen molar-refractivity contribution in [1.82, 2.24) is 4.98 Å². The van der Waals surface area contributed by atoms with Crippen molar-refractivity contribution in [3.8, 4) is 16.3 Å². The number of thiazole rings is 1. The maximum Gasteiger partial charge on any atom is 0.130 e. The van der Waals surface area contributed by atoms with Crippen molar-refractivity contribution in [2.75, 3.05) is 0 Å². The predicted octanol–water partition coefficient (Wildman–Crippen LogP) is 5.19. The van der Waals surface area contributed by atoms with Crippen LogP contribution in [-0.4, -0.2) is 10.1 Å². The van der Waals surface area contributed by atoms with Crippen molar-refractivity contribution in [2.45, 2.75) is 0 Å². The van der Waals surface area contributed by atoms with Crippen molar-refractivity contribution in [2.24, 2.45) is 0 Å². The Morgan fingerprint density at radius 3 is 2.67 bits per heavy atom. The van der Waals surface area contributed by atoms with E-state index in [1.807, 2.05) is 30.3 Å². The van der Waals surface area contributed by atoms with E-state index in [9.17, 15) is 5.11 Å². The Balaban J connectivity index is 2.16. The number of rotatable bonds is 1. The molecule has 0 aliphatic heterocycles. The first kappa shape index (κ1) is 12.1. The summed E-state index contributed by atoms with van der Waals surface area (Å²) in [6, 6.07) is 11.5. The Labute approximate surface area is 125 Å². The molecule has 3 rings (SSSR count). The van der Waals surface area contributed by atoms with E-state index in [2.05, 4.69) is 36.8 Å². The minimum absolute atomic E-state index is 0.230. The van der Waals surface area contributed by atoms with Gasteiger partial charge in [-0.2, -0.15) is 0 Å². The van der Waals surface area contributed by atoms with Crippen LogP contribution in [0.2, 0.25) is 0 Å². The van der Waals surface area contributed by atoms with Crippen LogP contribution < -0.4 is 0 Å². The van der Waals surface area contributed by atoms with Gasteiger partial charge in [0.1, 0.15) is 10.8 Å². The third-order valence-corrected chi connectivity index (χ3v) is 4.79. The molecule has 1 heterocycles. The maximum absolute atomic E-state index is 9.70. The van der Waals surface area contributed by atoms with Gasteiger partial charge in [-0.1, -0.05) is 22.0 Å². The average molecular weight is 385 g/mol. The van der Waals surface area contributed by atoms with E-state index in [0.717, 1.165) is 25.3 Å². The van der Waals surface area contributed by atoms with Crippen LogP contribution in [0.15, 0.2) is 45.3 Å². The Morgan fingerprint density at radius 1 is 1.06 bits per heavy atom. The lowest BCUT2D eigenvalue weighted by Gasteiger charge is -1.99. The second kappa shape index (κ2) is 4.64. The molecular formula is C13H7Br2NOS. The number of phenols is 1. The summed E-state index contributed by atoms with van der Waals surface area (Å²) in [6.45, 7) is 0. The van der Waals surface area contributed by atoms with Gasteiger partial charge in [0.15, 0.2) is 0 Å². The summed E-state index contributed by atoms with van der Waals surface area (Å²) in [5.74, 6) is 0.230. The van der Waals surface area contributed by atoms with E-state index in [1.54, 1.807) is 17.4 Å². The van der Waals surface area contributed by atoms with Gasteiger partial charge in [0, 0.05) is 10.0 Å². The highest BCUT2D eigenvalue weighted by Crippen LogP contribution is 2.35. The number of fused-ring (bicyclic) bond motifs is 1. The quantitative estimate of drug-likeness (QED) is 0.625. The van der Waals surface area contributed by atoms with E-state index in [-0.39, 0.29) is 5.75 Å². The molecule has 0 atom stereocenters. The SMILES string of the molecule is Oc1cc(-c2nc3cc(Br)ccc3s2)ccc1Br. The van der Waals surface area contributed by atoms with Gasteiger partial charge in [-0.3, -0.25) is 0 Å². The summed E-state index contributed by atoms with van der Waals surface area (Å²) in [7, 11) is 0. The van der Waals surface area contributed by atoms with Crippen LogP contribution in [-0.2, 0) is 0 Å². The number of benzene rings is 2. The lowest BCUT2D eigenvalue weighted by molar-refractivity contribution is 0.472. The molecule has 2 nitrogen and oxygen atoms in total. The predicted molar refractivity (Wildman–Crippen MR) is 82.1 cm³/mol. The molecule has 0 aliphatic carbocycles. The summed E-state index contributed by atoms with van der Waals surface area (Å²) in [5, 5.41) is 10.6. The molecule has 90 valence electrons. The fourth-order valence-corrected chi connectivity index (χ4v) is 3.21. The minimum Gasteiger partial charge on any atom is -0.507 e. The number of hydrogen-bond donors (Lipinski definition) is 1. The molecule has 0 radical (unpaired) electrons. The number of aromatic nitrogens is 1. The molecule has 2 aromatic carbocycles. The van der Waals surface area contributed by atoms with Gasteiger partial charge in [-0.25, -0.2) is 4.98 Å². The number of phenolic OH excluding ortho intramolecular Hbond substituents is 1. The summed E-state index contributed by atoms with van der Waals surface area (Å²) >= 11 is 8.33. The van der Waals surface area contributed by atoms with Gasteiger partial charge in [0.2, 0.25) is 0 Å². The Kier molecular flexibility index (Phi) is 3.13. The third-order valence-electron chi connectivity index (χ3n) is 2.54. The zero-order valence-corrected chi connectivity index (χ0v) is 13.0. The summed E-state index contributed by atoms with van der Waals surface area (Å²) in [4.78, 5) is 4.58. The largest absolute Gasteiger partial charge is 0.507 e. The highest BCUT2D eigenvalue weighted by Gasteiger charge is 2.08. The van der Waals surface area contributed by atoms with E-state index in [0.29, 0.717) is 4.47 Å². The van der Waals surface area contributed by atoms with Crippen molar-refractivity contribution in [3.05, 3.63) is 45.3 Å². The maximum atomic E-state index is 9.70. The molecule has 0 saturated heterocycles. The Hall–Kier alpha value is -0.910. The molecule has 18 heavy (non-hydrogen) atoms. The van der Waals surface area contributed by atoms with Gasteiger partial charge < -0.3 is 5.11 Å². The molecule has 0 amide bonds. The second-order valence-corrected chi connectivity index (χ2v) is 6.60. The van der Waals surface area contributed by atoms with Crippen molar-refractivity contribution < 1.29 is 5.11 Å². The van der Waals surface area contributed by atoms with Gasteiger partial charge in [-0.05, 0) is 46.3 Å². The van der Waals surface area contributed by atoms with Gasteiger partial charge >= 0.3 is 0 Å². The third kappa shape index (κ3) is 2.18. The molecule has 5 heteroatoms. The molecule has 0 fully saturated rings. The number of hydrogen-bond acceptors (Lipinski definition) is 3. The molecule has 1 N–H and O–H groups in total. The molecule has 3 aromatic rings. The Morgan fingerprint density at radius 2 is 1.89 bits per heavy atom. The van der Waals surface area contributed by atoms with Crippen LogP contribution in [0.4, 0.5) is 0 Å². The molecule has 0 saturated carbocycles. The topological polar surface area (TPSA) is 33.1 Å². The van der Waals surface area contributed by atoms with E-state index < -0.39 is 0 Å². The van der Waals surface area contributed by atoms with Crippen LogP contribution in [0.1, 0.15) is 0 Å². The molecule has 0 bridgehead atoms. The smallest absolute Gasteiger partial charge is 0.130 e. The van der Waals surface area contributed by atoms with Crippen molar-refractivity contribution >= 4 is 53.4 Å². The molecular weight excluding hydrogens is 378 g/mol. The molecule has 0 spiro atoms. The zero-order valence-electron chi connectivity index (χ0n) is 9.02.